The van der Waals surface area contributed by atoms with Crippen LogP contribution in [0.3, 0.4) is 0 Å². The minimum Gasteiger partial charge on any atom is -0.459 e. The van der Waals surface area contributed by atoms with Crippen molar-refractivity contribution in [1.29, 1.82) is 0 Å². The van der Waals surface area contributed by atoms with Crippen molar-refractivity contribution >= 4 is 11.9 Å². The second-order valence-corrected chi connectivity index (χ2v) is 5.48. The largest absolute Gasteiger partial charge is 0.459 e. The summed E-state index contributed by atoms with van der Waals surface area (Å²) in [5.74, 6) is -0.574. The lowest BCUT2D eigenvalue weighted by atomic mass is 9.90. The van der Waals surface area contributed by atoms with Crippen LogP contribution in [0.5, 0.6) is 0 Å². The Morgan fingerprint density at radius 1 is 1.19 bits per heavy atom. The Morgan fingerprint density at radius 2 is 1.86 bits per heavy atom. The number of amides is 1. The number of hydrogen-bond acceptors (Lipinski definition) is 3. The lowest BCUT2D eigenvalue weighted by molar-refractivity contribution is -0.160. The number of benzene rings is 1. The van der Waals surface area contributed by atoms with Crippen molar-refractivity contribution in [2.45, 2.75) is 32.6 Å². The zero-order valence-corrected chi connectivity index (χ0v) is 12.6. The van der Waals surface area contributed by atoms with Crippen LogP contribution in [-0.4, -0.2) is 36.5 Å². The molecular weight excluding hydrogens is 266 g/mol. The summed E-state index contributed by atoms with van der Waals surface area (Å²) >= 11 is 0. The van der Waals surface area contributed by atoms with Crippen LogP contribution in [0.2, 0.25) is 0 Å². The van der Waals surface area contributed by atoms with E-state index in [2.05, 4.69) is 24.3 Å². The molecule has 1 heterocycles. The molecule has 0 N–H and O–H groups in total. The van der Waals surface area contributed by atoms with Gasteiger partial charge in [0.05, 0.1) is 6.61 Å². The van der Waals surface area contributed by atoms with Crippen molar-refractivity contribution in [1.82, 2.24) is 4.90 Å². The molecule has 0 radical (unpaired) electrons. The fraction of sp³-hybridized carbons (Fsp3) is 0.529. The first kappa shape index (κ1) is 15.5. The van der Waals surface area contributed by atoms with E-state index < -0.39 is 11.9 Å². The molecule has 0 aliphatic carbocycles. The third kappa shape index (κ3) is 4.59. The molecule has 0 atom stereocenters. The molecule has 1 aliphatic heterocycles. The number of esters is 1. The van der Waals surface area contributed by atoms with Gasteiger partial charge in [0.2, 0.25) is 0 Å². The number of hydrogen-bond donors (Lipinski definition) is 0. The molecule has 2 rings (SSSR count). The fourth-order valence-electron chi connectivity index (χ4n) is 2.76. The van der Waals surface area contributed by atoms with E-state index in [9.17, 15) is 9.59 Å². The van der Waals surface area contributed by atoms with Crippen molar-refractivity contribution in [3.63, 3.8) is 0 Å². The Labute approximate surface area is 126 Å². The highest BCUT2D eigenvalue weighted by molar-refractivity contribution is 6.32. The van der Waals surface area contributed by atoms with E-state index in [-0.39, 0.29) is 6.61 Å². The lowest BCUT2D eigenvalue weighted by Crippen LogP contribution is -2.42. The number of likely N-dealkylation sites (tertiary alicyclic amines) is 1. The topological polar surface area (TPSA) is 46.6 Å². The van der Waals surface area contributed by atoms with Crippen molar-refractivity contribution in [2.75, 3.05) is 19.7 Å². The minimum atomic E-state index is -0.722. The van der Waals surface area contributed by atoms with Gasteiger partial charge in [0.25, 0.3) is 0 Å². The number of carbonyl (C=O) groups is 2. The molecule has 21 heavy (non-hydrogen) atoms. The Bertz CT molecular complexity index is 464. The molecule has 4 heteroatoms. The predicted molar refractivity (Wildman–Crippen MR) is 80.7 cm³/mol. The lowest BCUT2D eigenvalue weighted by Gasteiger charge is -2.31. The number of nitrogens with zero attached hydrogens (tertiary/aromatic N) is 1. The van der Waals surface area contributed by atoms with Crippen LogP contribution in [-0.2, 0) is 20.7 Å². The summed E-state index contributed by atoms with van der Waals surface area (Å²) < 4.78 is 4.76. The third-order valence-electron chi connectivity index (χ3n) is 4.04. The van der Waals surface area contributed by atoms with E-state index in [1.807, 2.05) is 6.07 Å². The van der Waals surface area contributed by atoms with Gasteiger partial charge in [-0.1, -0.05) is 30.3 Å². The molecule has 1 aromatic carbocycles. The fourth-order valence-corrected chi connectivity index (χ4v) is 2.76. The Kier molecular flexibility index (Phi) is 5.78. The normalized spacial score (nSPS) is 15.8. The van der Waals surface area contributed by atoms with Crippen LogP contribution in [0.4, 0.5) is 0 Å². The van der Waals surface area contributed by atoms with Crippen LogP contribution in [0.15, 0.2) is 30.3 Å². The quantitative estimate of drug-likeness (QED) is 0.632. The standard InChI is InChI=1S/C17H23NO3/c1-2-21-17(20)16(19)18-12-10-15(11-13-18)9-8-14-6-4-3-5-7-14/h3-7,15H,2,8-13H2,1H3. The minimum absolute atomic E-state index is 0.248. The number of aryl methyl sites for hydroxylation is 1. The van der Waals surface area contributed by atoms with Crippen molar-refractivity contribution < 1.29 is 14.3 Å². The SMILES string of the molecule is CCOC(=O)C(=O)N1CCC(CCc2ccccc2)CC1. The predicted octanol–water partition coefficient (Wildman–Crippen LogP) is 2.42. The summed E-state index contributed by atoms with van der Waals surface area (Å²) in [5, 5.41) is 0. The summed E-state index contributed by atoms with van der Waals surface area (Å²) in [5.41, 5.74) is 1.36. The van der Waals surface area contributed by atoms with Crippen LogP contribution < -0.4 is 0 Å². The van der Waals surface area contributed by atoms with Gasteiger partial charge >= 0.3 is 11.9 Å². The molecule has 0 bridgehead atoms. The molecule has 1 aliphatic rings. The molecule has 0 aromatic heterocycles. The number of carbonyl (C=O) groups excluding carboxylic acids is 2. The van der Waals surface area contributed by atoms with E-state index in [1.54, 1.807) is 11.8 Å². The first-order valence-electron chi connectivity index (χ1n) is 7.70. The van der Waals surface area contributed by atoms with Gasteiger partial charge in [0, 0.05) is 13.1 Å². The van der Waals surface area contributed by atoms with Crippen molar-refractivity contribution in [3.05, 3.63) is 35.9 Å². The molecule has 0 unspecified atom stereocenters. The van der Waals surface area contributed by atoms with E-state index in [0.29, 0.717) is 19.0 Å². The van der Waals surface area contributed by atoms with Crippen molar-refractivity contribution in [2.24, 2.45) is 5.92 Å². The molecule has 1 saturated heterocycles. The van der Waals surface area contributed by atoms with Gasteiger partial charge in [-0.25, -0.2) is 4.79 Å². The monoisotopic (exact) mass is 289 g/mol. The van der Waals surface area contributed by atoms with E-state index in [0.717, 1.165) is 25.7 Å². The summed E-state index contributed by atoms with van der Waals surface area (Å²) in [6.07, 6.45) is 4.17. The van der Waals surface area contributed by atoms with Crippen LogP contribution >= 0.6 is 0 Å². The van der Waals surface area contributed by atoms with Gasteiger partial charge in [0.15, 0.2) is 0 Å². The van der Waals surface area contributed by atoms with Gasteiger partial charge in [-0.3, -0.25) is 4.79 Å². The second-order valence-electron chi connectivity index (χ2n) is 5.48. The molecule has 1 aromatic rings. The Hall–Kier alpha value is -1.84. The number of piperidine rings is 1. The molecule has 1 amide bonds. The van der Waals surface area contributed by atoms with Crippen LogP contribution in [0.1, 0.15) is 31.7 Å². The smallest absolute Gasteiger partial charge is 0.397 e. The highest BCUT2D eigenvalue weighted by Gasteiger charge is 2.27. The maximum Gasteiger partial charge on any atom is 0.397 e. The van der Waals surface area contributed by atoms with Crippen LogP contribution in [0.25, 0.3) is 0 Å². The molecular formula is C17H23NO3. The van der Waals surface area contributed by atoms with Crippen molar-refractivity contribution in [3.8, 4) is 0 Å². The molecule has 4 nitrogen and oxygen atoms in total. The van der Waals surface area contributed by atoms with E-state index in [4.69, 9.17) is 4.74 Å². The molecule has 0 saturated carbocycles. The molecule has 114 valence electrons. The van der Waals surface area contributed by atoms with E-state index in [1.165, 1.54) is 5.56 Å². The third-order valence-corrected chi connectivity index (χ3v) is 4.04. The second kappa shape index (κ2) is 7.81. The van der Waals surface area contributed by atoms with Gasteiger partial charge in [-0.2, -0.15) is 0 Å². The first-order chi connectivity index (χ1) is 10.2. The number of rotatable bonds is 4. The number of ether oxygens (including phenoxy) is 1. The summed E-state index contributed by atoms with van der Waals surface area (Å²) in [6.45, 7) is 3.29. The van der Waals surface area contributed by atoms with Gasteiger partial charge in [0.1, 0.15) is 0 Å². The maximum absolute atomic E-state index is 11.8. The van der Waals surface area contributed by atoms with E-state index >= 15 is 0 Å². The first-order valence-corrected chi connectivity index (χ1v) is 7.70. The highest BCUT2D eigenvalue weighted by Crippen LogP contribution is 2.22. The average Bonchev–Trinajstić information content (AvgIpc) is 2.54. The van der Waals surface area contributed by atoms with Gasteiger partial charge in [-0.05, 0) is 44.1 Å². The average molecular weight is 289 g/mol. The Morgan fingerprint density at radius 3 is 2.48 bits per heavy atom. The summed E-state index contributed by atoms with van der Waals surface area (Å²) in [4.78, 5) is 24.9. The summed E-state index contributed by atoms with van der Waals surface area (Å²) in [6, 6.07) is 10.5. The molecule has 0 spiro atoms. The zero-order chi connectivity index (χ0) is 15.1. The van der Waals surface area contributed by atoms with Crippen LogP contribution in [0, 0.1) is 5.92 Å². The van der Waals surface area contributed by atoms with Gasteiger partial charge in [-0.15, -0.1) is 0 Å². The zero-order valence-electron chi connectivity index (χ0n) is 12.6. The molecule has 1 fully saturated rings. The summed E-state index contributed by atoms with van der Waals surface area (Å²) in [7, 11) is 0. The highest BCUT2D eigenvalue weighted by atomic mass is 16.5. The maximum atomic E-state index is 11.8. The van der Waals surface area contributed by atoms with Gasteiger partial charge < -0.3 is 9.64 Å². The Balaban J connectivity index is 1.73.